The molecule has 2 aromatic rings. The van der Waals surface area contributed by atoms with Crippen molar-refractivity contribution in [3.8, 4) is 5.75 Å². The topological polar surface area (TPSA) is 77.5 Å². The summed E-state index contributed by atoms with van der Waals surface area (Å²) in [6, 6.07) is 6.00. The molecule has 0 atom stereocenters. The van der Waals surface area contributed by atoms with E-state index in [0.29, 0.717) is 17.4 Å². The highest BCUT2D eigenvalue weighted by molar-refractivity contribution is 7.13. The molecule has 0 saturated carbocycles. The first-order valence-corrected chi connectivity index (χ1v) is 8.23. The number of benzene rings is 1. The number of hydrogen-bond acceptors (Lipinski definition) is 6. The van der Waals surface area contributed by atoms with Crippen molar-refractivity contribution in [1.82, 2.24) is 4.98 Å². The average Bonchev–Trinajstić information content (AvgIpc) is 2.96. The van der Waals surface area contributed by atoms with Gasteiger partial charge in [-0.1, -0.05) is 12.1 Å². The third kappa shape index (κ3) is 5.62. The number of anilines is 1. The molecule has 8 heteroatoms. The Labute approximate surface area is 142 Å². The van der Waals surface area contributed by atoms with Gasteiger partial charge in [-0.2, -0.15) is 0 Å². The van der Waals surface area contributed by atoms with Crippen LogP contribution in [0, 0.1) is 5.82 Å². The molecule has 0 aliphatic rings. The minimum absolute atomic E-state index is 0.0494. The number of amides is 1. The summed E-state index contributed by atoms with van der Waals surface area (Å²) < 4.78 is 23.4. The normalized spacial score (nSPS) is 10.2. The number of thiazole rings is 1. The summed E-state index contributed by atoms with van der Waals surface area (Å²) in [6.45, 7) is 2.09. The quantitative estimate of drug-likeness (QED) is 0.739. The van der Waals surface area contributed by atoms with Gasteiger partial charge in [0, 0.05) is 5.38 Å². The number of aromatic nitrogens is 1. The number of carbonyl (C=O) groups excluding carboxylic acids is 2. The van der Waals surface area contributed by atoms with Gasteiger partial charge in [-0.05, 0) is 19.1 Å². The summed E-state index contributed by atoms with van der Waals surface area (Å²) >= 11 is 1.22. The Balaban J connectivity index is 1.75. The minimum atomic E-state index is -0.471. The number of nitrogens with zero attached hydrogens (tertiary/aromatic N) is 1. The summed E-state index contributed by atoms with van der Waals surface area (Å²) in [5.74, 6) is -1.03. The van der Waals surface area contributed by atoms with E-state index in [9.17, 15) is 14.0 Å². The van der Waals surface area contributed by atoms with Crippen LogP contribution >= 0.6 is 11.3 Å². The molecular formula is C16H17FN2O4S. The molecule has 1 aromatic carbocycles. The lowest BCUT2D eigenvalue weighted by Crippen LogP contribution is -2.15. The van der Waals surface area contributed by atoms with Crippen molar-refractivity contribution in [3.05, 3.63) is 41.2 Å². The van der Waals surface area contributed by atoms with Gasteiger partial charge in [0.05, 0.1) is 31.7 Å². The molecule has 0 bridgehead atoms. The van der Waals surface area contributed by atoms with Crippen LogP contribution in [0.4, 0.5) is 9.52 Å². The fourth-order valence-corrected chi connectivity index (χ4v) is 2.53. The maximum absolute atomic E-state index is 13.4. The number of halogens is 1. The number of hydrogen-bond donors (Lipinski definition) is 1. The summed E-state index contributed by atoms with van der Waals surface area (Å²) in [6.07, 6.45) is 0.123. The highest BCUT2D eigenvalue weighted by atomic mass is 32.1. The molecule has 0 radical (unpaired) electrons. The molecule has 24 heavy (non-hydrogen) atoms. The van der Waals surface area contributed by atoms with Crippen LogP contribution in [0.3, 0.4) is 0 Å². The molecule has 0 aliphatic heterocycles. The van der Waals surface area contributed by atoms with Crippen molar-refractivity contribution in [2.24, 2.45) is 0 Å². The Morgan fingerprint density at radius 2 is 2.12 bits per heavy atom. The monoisotopic (exact) mass is 352 g/mol. The third-order valence-electron chi connectivity index (χ3n) is 2.85. The van der Waals surface area contributed by atoms with Gasteiger partial charge in [0.1, 0.15) is 0 Å². The van der Waals surface area contributed by atoms with Crippen molar-refractivity contribution in [1.29, 1.82) is 0 Å². The standard InChI is InChI=1S/C16H17FN2O4S/c1-2-22-15(21)9-11-10-24-16(18-11)19-14(20)7-8-23-13-6-4-3-5-12(13)17/h3-6,10H,2,7-9H2,1H3,(H,18,19,20). The van der Waals surface area contributed by atoms with Crippen LogP contribution in [0.25, 0.3) is 0 Å². The molecule has 1 aromatic heterocycles. The van der Waals surface area contributed by atoms with Crippen molar-refractivity contribution in [2.75, 3.05) is 18.5 Å². The van der Waals surface area contributed by atoms with E-state index in [-0.39, 0.29) is 37.1 Å². The van der Waals surface area contributed by atoms with Gasteiger partial charge < -0.3 is 14.8 Å². The van der Waals surface area contributed by atoms with E-state index in [0.717, 1.165) is 0 Å². The van der Waals surface area contributed by atoms with Crippen LogP contribution in [-0.4, -0.2) is 30.1 Å². The Morgan fingerprint density at radius 3 is 2.88 bits per heavy atom. The molecule has 0 saturated heterocycles. The van der Waals surface area contributed by atoms with E-state index in [1.807, 2.05) is 0 Å². The molecule has 1 heterocycles. The van der Waals surface area contributed by atoms with Gasteiger partial charge in [0.2, 0.25) is 5.91 Å². The van der Waals surface area contributed by atoms with Crippen LogP contribution in [0.2, 0.25) is 0 Å². The zero-order chi connectivity index (χ0) is 17.4. The van der Waals surface area contributed by atoms with Crippen LogP contribution in [0.1, 0.15) is 19.0 Å². The van der Waals surface area contributed by atoms with Crippen molar-refractivity contribution in [3.63, 3.8) is 0 Å². The number of nitrogens with one attached hydrogen (secondary N) is 1. The van der Waals surface area contributed by atoms with Gasteiger partial charge in [0.15, 0.2) is 16.7 Å². The summed E-state index contributed by atoms with van der Waals surface area (Å²) in [7, 11) is 0. The van der Waals surface area contributed by atoms with Gasteiger partial charge >= 0.3 is 5.97 Å². The fourth-order valence-electron chi connectivity index (χ4n) is 1.80. The second-order valence-corrected chi connectivity index (χ2v) is 5.56. The highest BCUT2D eigenvalue weighted by Crippen LogP contribution is 2.17. The molecule has 0 aliphatic carbocycles. The van der Waals surface area contributed by atoms with Crippen LogP contribution < -0.4 is 10.1 Å². The number of ether oxygens (including phenoxy) is 2. The van der Waals surface area contributed by atoms with Gasteiger partial charge in [-0.15, -0.1) is 11.3 Å². The predicted molar refractivity (Wildman–Crippen MR) is 87.6 cm³/mol. The summed E-state index contributed by atoms with van der Waals surface area (Å²) in [4.78, 5) is 27.3. The lowest BCUT2D eigenvalue weighted by molar-refractivity contribution is -0.142. The Bertz CT molecular complexity index is 705. The van der Waals surface area contributed by atoms with Crippen LogP contribution in [-0.2, 0) is 20.7 Å². The first-order chi connectivity index (χ1) is 11.6. The first kappa shape index (κ1) is 17.9. The molecule has 0 fully saturated rings. The molecule has 0 unspecified atom stereocenters. The number of para-hydroxylation sites is 1. The molecular weight excluding hydrogens is 335 g/mol. The van der Waals surface area contributed by atoms with Crippen molar-refractivity contribution in [2.45, 2.75) is 19.8 Å². The molecule has 2 rings (SSSR count). The van der Waals surface area contributed by atoms with E-state index >= 15 is 0 Å². The minimum Gasteiger partial charge on any atom is -0.490 e. The van der Waals surface area contributed by atoms with Crippen LogP contribution in [0.15, 0.2) is 29.6 Å². The SMILES string of the molecule is CCOC(=O)Cc1csc(NC(=O)CCOc2ccccc2F)n1. The number of rotatable bonds is 8. The predicted octanol–water partition coefficient (Wildman–Crippen LogP) is 2.80. The summed E-state index contributed by atoms with van der Waals surface area (Å²) in [5, 5.41) is 4.69. The van der Waals surface area contributed by atoms with Crippen LogP contribution in [0.5, 0.6) is 5.75 Å². The fraction of sp³-hybridized carbons (Fsp3) is 0.312. The average molecular weight is 352 g/mol. The molecule has 128 valence electrons. The first-order valence-electron chi connectivity index (χ1n) is 7.35. The van der Waals surface area contributed by atoms with Gasteiger partial charge in [-0.25, -0.2) is 9.37 Å². The Kier molecular flexibility index (Phi) is 6.68. The van der Waals surface area contributed by atoms with E-state index in [2.05, 4.69) is 10.3 Å². The Hall–Kier alpha value is -2.48. The molecule has 0 spiro atoms. The lowest BCUT2D eigenvalue weighted by atomic mass is 10.3. The van der Waals surface area contributed by atoms with Crippen molar-refractivity contribution < 1.29 is 23.5 Å². The third-order valence-corrected chi connectivity index (χ3v) is 3.66. The van der Waals surface area contributed by atoms with Crippen molar-refractivity contribution >= 4 is 28.3 Å². The number of carbonyl (C=O) groups is 2. The zero-order valence-corrected chi connectivity index (χ0v) is 13.9. The molecule has 6 nitrogen and oxygen atoms in total. The molecule has 1 amide bonds. The molecule has 1 N–H and O–H groups in total. The second kappa shape index (κ2) is 8.97. The van der Waals surface area contributed by atoms with E-state index in [1.54, 1.807) is 24.4 Å². The highest BCUT2D eigenvalue weighted by Gasteiger charge is 2.11. The maximum atomic E-state index is 13.4. The van der Waals surface area contributed by atoms with E-state index in [1.165, 1.54) is 23.5 Å². The lowest BCUT2D eigenvalue weighted by Gasteiger charge is -2.06. The maximum Gasteiger partial charge on any atom is 0.311 e. The largest absolute Gasteiger partial charge is 0.490 e. The second-order valence-electron chi connectivity index (χ2n) is 4.70. The zero-order valence-electron chi connectivity index (χ0n) is 13.1. The van der Waals surface area contributed by atoms with Gasteiger partial charge in [-0.3, -0.25) is 9.59 Å². The Morgan fingerprint density at radius 1 is 1.33 bits per heavy atom. The summed E-state index contributed by atoms with van der Waals surface area (Å²) in [5.41, 5.74) is 0.538. The smallest absolute Gasteiger partial charge is 0.311 e. The number of esters is 1. The van der Waals surface area contributed by atoms with E-state index < -0.39 is 5.82 Å². The van der Waals surface area contributed by atoms with E-state index in [4.69, 9.17) is 9.47 Å². The van der Waals surface area contributed by atoms with Gasteiger partial charge in [0.25, 0.3) is 0 Å².